The molecular weight excluding hydrogens is 238 g/mol. The number of fused-ring (bicyclic) bond motifs is 1. The van der Waals surface area contributed by atoms with Crippen LogP contribution in [0.15, 0.2) is 48.9 Å². The number of nitrogens with zero attached hydrogens (tertiary/aromatic N) is 1. The number of rotatable bonds is 2. The van der Waals surface area contributed by atoms with E-state index in [2.05, 4.69) is 9.97 Å². The maximum atomic E-state index is 9.53. The lowest BCUT2D eigenvalue weighted by atomic mass is 10.1. The predicted molar refractivity (Wildman–Crippen MR) is 76.4 cm³/mol. The highest BCUT2D eigenvalue weighted by molar-refractivity contribution is 5.89. The maximum Gasteiger partial charge on any atom is 0.137 e. The average molecular weight is 251 g/mol. The summed E-state index contributed by atoms with van der Waals surface area (Å²) in [5, 5.41) is 10.5. The van der Waals surface area contributed by atoms with Gasteiger partial charge in [0.1, 0.15) is 11.4 Å². The van der Waals surface area contributed by atoms with E-state index in [1.807, 2.05) is 30.5 Å². The molecule has 3 rings (SSSR count). The number of aromatic amines is 1. The standard InChI is InChI=1S/C15H13N3O/c16-5-4-11-8-17-15-14(11)7-12(9-18-15)10-2-1-3-13(19)6-10/h1-9,19H,16H2,(H,17,18)/b5-4+. The Morgan fingerprint density at radius 3 is 2.89 bits per heavy atom. The number of phenols is 1. The molecule has 94 valence electrons. The maximum absolute atomic E-state index is 9.53. The van der Waals surface area contributed by atoms with E-state index >= 15 is 0 Å². The van der Waals surface area contributed by atoms with Crippen LogP contribution in [0, 0.1) is 0 Å². The molecule has 19 heavy (non-hydrogen) atoms. The molecule has 2 aromatic heterocycles. The molecule has 3 aromatic rings. The highest BCUT2D eigenvalue weighted by Gasteiger charge is 2.05. The number of hydrogen-bond donors (Lipinski definition) is 3. The van der Waals surface area contributed by atoms with E-state index < -0.39 is 0 Å². The summed E-state index contributed by atoms with van der Waals surface area (Å²) in [5.74, 6) is 0.244. The van der Waals surface area contributed by atoms with Gasteiger partial charge < -0.3 is 15.8 Å². The van der Waals surface area contributed by atoms with Crippen molar-refractivity contribution >= 4 is 17.1 Å². The number of phenolic OH excluding ortho intramolecular Hbond substituents is 1. The smallest absolute Gasteiger partial charge is 0.137 e. The van der Waals surface area contributed by atoms with Crippen molar-refractivity contribution < 1.29 is 5.11 Å². The van der Waals surface area contributed by atoms with Gasteiger partial charge in [0.15, 0.2) is 0 Å². The van der Waals surface area contributed by atoms with Gasteiger partial charge in [0.05, 0.1) is 0 Å². The Bertz CT molecular complexity index is 759. The quantitative estimate of drug-likeness (QED) is 0.655. The lowest BCUT2D eigenvalue weighted by Gasteiger charge is -2.02. The van der Waals surface area contributed by atoms with Gasteiger partial charge in [0.25, 0.3) is 0 Å². The SMILES string of the molecule is N/C=C/c1c[nH]c2ncc(-c3cccc(O)c3)cc12. The Kier molecular flexibility index (Phi) is 2.68. The van der Waals surface area contributed by atoms with Gasteiger partial charge >= 0.3 is 0 Å². The zero-order chi connectivity index (χ0) is 13.2. The van der Waals surface area contributed by atoms with Crippen LogP contribution in [-0.2, 0) is 0 Å². The van der Waals surface area contributed by atoms with Gasteiger partial charge in [-0.2, -0.15) is 0 Å². The van der Waals surface area contributed by atoms with E-state index in [0.717, 1.165) is 27.7 Å². The van der Waals surface area contributed by atoms with Gasteiger partial charge in [-0.3, -0.25) is 0 Å². The molecule has 0 radical (unpaired) electrons. The van der Waals surface area contributed by atoms with Crippen LogP contribution in [0.25, 0.3) is 28.2 Å². The minimum atomic E-state index is 0.244. The highest BCUT2D eigenvalue weighted by atomic mass is 16.3. The highest BCUT2D eigenvalue weighted by Crippen LogP contribution is 2.27. The minimum Gasteiger partial charge on any atom is -0.508 e. The Hall–Kier alpha value is -2.75. The number of H-pyrrole nitrogens is 1. The van der Waals surface area contributed by atoms with E-state index in [-0.39, 0.29) is 5.75 Å². The number of benzene rings is 1. The van der Waals surface area contributed by atoms with E-state index in [1.165, 1.54) is 6.20 Å². The molecule has 4 N–H and O–H groups in total. The van der Waals surface area contributed by atoms with Crippen LogP contribution in [0.5, 0.6) is 5.75 Å². The first-order chi connectivity index (χ1) is 9.28. The van der Waals surface area contributed by atoms with Gasteiger partial charge in [0, 0.05) is 28.9 Å². The summed E-state index contributed by atoms with van der Waals surface area (Å²) in [6, 6.07) is 9.14. The molecule has 2 heterocycles. The molecule has 0 saturated heterocycles. The second kappa shape index (κ2) is 4.49. The molecule has 0 unspecified atom stereocenters. The van der Waals surface area contributed by atoms with E-state index in [9.17, 15) is 5.11 Å². The Morgan fingerprint density at radius 1 is 1.21 bits per heavy atom. The Balaban J connectivity index is 2.17. The summed E-state index contributed by atoms with van der Waals surface area (Å²) >= 11 is 0. The monoisotopic (exact) mass is 251 g/mol. The van der Waals surface area contributed by atoms with E-state index in [0.29, 0.717) is 0 Å². The second-order valence-corrected chi connectivity index (χ2v) is 4.27. The third kappa shape index (κ3) is 2.04. The molecule has 0 bridgehead atoms. The molecule has 0 aliphatic heterocycles. The van der Waals surface area contributed by atoms with Crippen LogP contribution >= 0.6 is 0 Å². The third-order valence-corrected chi connectivity index (χ3v) is 3.02. The van der Waals surface area contributed by atoms with Crippen LogP contribution in [-0.4, -0.2) is 15.1 Å². The molecule has 0 fully saturated rings. The zero-order valence-electron chi connectivity index (χ0n) is 10.2. The topological polar surface area (TPSA) is 74.9 Å². The van der Waals surface area contributed by atoms with Crippen molar-refractivity contribution in [1.29, 1.82) is 0 Å². The van der Waals surface area contributed by atoms with E-state index in [4.69, 9.17) is 5.73 Å². The normalized spacial score (nSPS) is 11.4. The van der Waals surface area contributed by atoms with Crippen LogP contribution in [0.4, 0.5) is 0 Å². The van der Waals surface area contributed by atoms with Gasteiger partial charge in [0.2, 0.25) is 0 Å². The molecule has 4 nitrogen and oxygen atoms in total. The number of aromatic nitrogens is 2. The van der Waals surface area contributed by atoms with Crippen molar-refractivity contribution in [1.82, 2.24) is 9.97 Å². The van der Waals surface area contributed by atoms with Gasteiger partial charge in [-0.1, -0.05) is 12.1 Å². The van der Waals surface area contributed by atoms with Crippen molar-refractivity contribution in [3.63, 3.8) is 0 Å². The number of nitrogens with one attached hydrogen (secondary N) is 1. The van der Waals surface area contributed by atoms with Gasteiger partial charge in [-0.25, -0.2) is 4.98 Å². The Morgan fingerprint density at radius 2 is 2.11 bits per heavy atom. The largest absolute Gasteiger partial charge is 0.508 e. The summed E-state index contributed by atoms with van der Waals surface area (Å²) in [6.07, 6.45) is 6.98. The average Bonchev–Trinajstić information content (AvgIpc) is 2.82. The molecule has 0 aliphatic carbocycles. The summed E-state index contributed by atoms with van der Waals surface area (Å²) in [4.78, 5) is 7.47. The summed E-state index contributed by atoms with van der Waals surface area (Å²) < 4.78 is 0. The predicted octanol–water partition coefficient (Wildman–Crippen LogP) is 2.86. The number of nitrogens with two attached hydrogens (primary N) is 1. The van der Waals surface area contributed by atoms with Crippen molar-refractivity contribution in [2.24, 2.45) is 5.73 Å². The molecule has 4 heteroatoms. The van der Waals surface area contributed by atoms with Crippen LogP contribution in [0.2, 0.25) is 0 Å². The zero-order valence-corrected chi connectivity index (χ0v) is 10.2. The molecule has 0 atom stereocenters. The number of hydrogen-bond acceptors (Lipinski definition) is 3. The third-order valence-electron chi connectivity index (χ3n) is 3.02. The number of pyridine rings is 1. The first-order valence-corrected chi connectivity index (χ1v) is 5.93. The lowest BCUT2D eigenvalue weighted by molar-refractivity contribution is 0.475. The fourth-order valence-corrected chi connectivity index (χ4v) is 2.11. The summed E-state index contributed by atoms with van der Waals surface area (Å²) in [7, 11) is 0. The van der Waals surface area contributed by atoms with Crippen molar-refractivity contribution in [3.8, 4) is 16.9 Å². The van der Waals surface area contributed by atoms with Gasteiger partial charge in [-0.05, 0) is 36.0 Å². The van der Waals surface area contributed by atoms with Crippen molar-refractivity contribution in [2.45, 2.75) is 0 Å². The van der Waals surface area contributed by atoms with Crippen LogP contribution in [0.3, 0.4) is 0 Å². The van der Waals surface area contributed by atoms with Crippen molar-refractivity contribution in [3.05, 3.63) is 54.5 Å². The first-order valence-electron chi connectivity index (χ1n) is 5.93. The van der Waals surface area contributed by atoms with E-state index in [1.54, 1.807) is 18.3 Å². The molecule has 0 amide bonds. The second-order valence-electron chi connectivity index (χ2n) is 4.27. The van der Waals surface area contributed by atoms with Crippen molar-refractivity contribution in [2.75, 3.05) is 0 Å². The number of aromatic hydroxyl groups is 1. The van der Waals surface area contributed by atoms with Crippen LogP contribution in [0.1, 0.15) is 5.56 Å². The Labute approximate surface area is 110 Å². The first kappa shape index (κ1) is 11.3. The minimum absolute atomic E-state index is 0.244. The summed E-state index contributed by atoms with van der Waals surface area (Å²) in [6.45, 7) is 0. The fourth-order valence-electron chi connectivity index (χ4n) is 2.11. The molecular formula is C15H13N3O. The molecule has 0 saturated carbocycles. The molecule has 1 aromatic carbocycles. The summed E-state index contributed by atoms with van der Waals surface area (Å²) in [5.41, 5.74) is 9.12. The lowest BCUT2D eigenvalue weighted by Crippen LogP contribution is -1.82. The van der Waals surface area contributed by atoms with Crippen LogP contribution < -0.4 is 5.73 Å². The molecule has 0 spiro atoms. The fraction of sp³-hybridized carbons (Fsp3) is 0. The molecule has 0 aliphatic rings. The van der Waals surface area contributed by atoms with Gasteiger partial charge in [-0.15, -0.1) is 0 Å².